The number of likely N-dealkylation sites (N-methyl/N-ethyl adjacent to an activating group) is 2. The van der Waals surface area contributed by atoms with Gasteiger partial charge in [0.1, 0.15) is 0 Å². The Bertz CT molecular complexity index is 366. The van der Waals surface area contributed by atoms with Crippen LogP contribution >= 0.6 is 16.0 Å². The summed E-state index contributed by atoms with van der Waals surface area (Å²) in [5.41, 5.74) is 0. The average Bonchev–Trinajstić information content (AvgIpc) is 2.65. The minimum Gasteiger partial charge on any atom is -0.307 e. The highest BCUT2D eigenvalue weighted by molar-refractivity contribution is 7.55. The van der Waals surface area contributed by atoms with Crippen LogP contribution in [0.5, 0.6) is 0 Å². The summed E-state index contributed by atoms with van der Waals surface area (Å²) in [4.78, 5) is 0. The second kappa shape index (κ2) is 7.68. The first-order valence-corrected chi connectivity index (χ1v) is 9.28. The first kappa shape index (κ1) is 19.3. The van der Waals surface area contributed by atoms with Crippen LogP contribution in [-0.4, -0.2) is 61.8 Å². The zero-order chi connectivity index (χ0) is 16.3. The lowest BCUT2D eigenvalue weighted by Gasteiger charge is -2.32. The van der Waals surface area contributed by atoms with Crippen LogP contribution in [0.3, 0.4) is 0 Å². The van der Waals surface area contributed by atoms with Crippen molar-refractivity contribution in [3.8, 4) is 0 Å². The van der Waals surface area contributed by atoms with Gasteiger partial charge in [0, 0.05) is 13.1 Å². The number of hydrogen-bond acceptors (Lipinski definition) is 6. The fourth-order valence-corrected chi connectivity index (χ4v) is 5.60. The molecular formula is C10H21F3N2O4P2. The molecule has 0 aromatic rings. The molecule has 0 aromatic carbocycles. The molecule has 1 unspecified atom stereocenters. The van der Waals surface area contributed by atoms with E-state index in [0.29, 0.717) is 13.1 Å². The lowest BCUT2D eigenvalue weighted by Crippen LogP contribution is -2.33. The molecular weight excluding hydrogens is 331 g/mol. The van der Waals surface area contributed by atoms with Gasteiger partial charge in [-0.2, -0.15) is 13.2 Å². The second-order valence-electron chi connectivity index (χ2n) is 4.39. The van der Waals surface area contributed by atoms with Gasteiger partial charge in [0.05, 0.1) is 13.2 Å². The van der Waals surface area contributed by atoms with Crippen molar-refractivity contribution in [1.29, 1.82) is 0 Å². The van der Waals surface area contributed by atoms with Crippen LogP contribution in [0.2, 0.25) is 0 Å². The Morgan fingerprint density at radius 1 is 1.14 bits per heavy atom. The van der Waals surface area contributed by atoms with Crippen LogP contribution in [-0.2, 0) is 18.1 Å². The first-order valence-electron chi connectivity index (χ1n) is 6.50. The highest BCUT2D eigenvalue weighted by atomic mass is 31.2. The largest absolute Gasteiger partial charge is 0.426 e. The van der Waals surface area contributed by atoms with Crippen molar-refractivity contribution < 1.29 is 31.3 Å². The topological polar surface area (TPSA) is 51.2 Å². The summed E-state index contributed by atoms with van der Waals surface area (Å²) in [6.07, 6.45) is -4.84. The van der Waals surface area contributed by atoms with Crippen LogP contribution in [0.15, 0.2) is 0 Å². The van der Waals surface area contributed by atoms with Gasteiger partial charge < -0.3 is 13.6 Å². The molecule has 6 nitrogen and oxygen atoms in total. The molecule has 0 aromatic heterocycles. The molecule has 1 atom stereocenters. The van der Waals surface area contributed by atoms with Crippen LogP contribution in [0.1, 0.15) is 13.8 Å². The van der Waals surface area contributed by atoms with E-state index in [9.17, 15) is 17.7 Å². The Morgan fingerprint density at radius 2 is 1.57 bits per heavy atom. The third kappa shape index (κ3) is 4.86. The maximum Gasteiger partial charge on any atom is 0.426 e. The van der Waals surface area contributed by atoms with Crippen molar-refractivity contribution in [2.24, 2.45) is 0 Å². The van der Waals surface area contributed by atoms with Crippen LogP contribution in [0.25, 0.3) is 0 Å². The molecule has 0 N–H and O–H groups in total. The number of nitrogens with zero attached hydrogens (tertiary/aromatic N) is 2. The van der Waals surface area contributed by atoms with Crippen LogP contribution < -0.4 is 0 Å². The fraction of sp³-hybridized carbons (Fsp3) is 1.00. The molecule has 126 valence electrons. The summed E-state index contributed by atoms with van der Waals surface area (Å²) in [7, 11) is -2.76. The molecule has 1 fully saturated rings. The van der Waals surface area contributed by atoms with E-state index in [1.807, 2.05) is 0 Å². The van der Waals surface area contributed by atoms with Crippen molar-refractivity contribution in [3.05, 3.63) is 0 Å². The van der Waals surface area contributed by atoms with Gasteiger partial charge in [-0.15, -0.1) is 0 Å². The zero-order valence-electron chi connectivity index (χ0n) is 12.5. The number of alkyl halides is 3. The van der Waals surface area contributed by atoms with E-state index >= 15 is 0 Å². The lowest BCUT2D eigenvalue weighted by molar-refractivity contribution is -0.175. The van der Waals surface area contributed by atoms with E-state index in [1.165, 1.54) is 13.8 Å². The normalized spacial score (nSPS) is 21.1. The standard InChI is InChI=1S/C10H21F3N2O4P2/c1-5-17-21(16,18-6-2)9(10(11,12)13)19-20-14(3)7-8-15(20)4/h9H,5-8H2,1-4H3. The Balaban J connectivity index is 3.02. The monoisotopic (exact) mass is 352 g/mol. The molecule has 1 aliphatic heterocycles. The minimum atomic E-state index is -4.84. The predicted octanol–water partition coefficient (Wildman–Crippen LogP) is 3.26. The zero-order valence-corrected chi connectivity index (χ0v) is 14.3. The number of halogens is 3. The number of hydrogen-bond donors (Lipinski definition) is 0. The van der Waals surface area contributed by atoms with Crippen molar-refractivity contribution >= 4 is 16.0 Å². The predicted molar refractivity (Wildman–Crippen MR) is 74.0 cm³/mol. The van der Waals surface area contributed by atoms with Gasteiger partial charge >= 0.3 is 13.8 Å². The lowest BCUT2D eigenvalue weighted by atomic mass is 10.6. The summed E-state index contributed by atoms with van der Waals surface area (Å²) in [6.45, 7) is 3.77. The van der Waals surface area contributed by atoms with Gasteiger partial charge in [-0.3, -0.25) is 4.57 Å². The van der Waals surface area contributed by atoms with Gasteiger partial charge in [0.2, 0.25) is 0 Å². The quantitative estimate of drug-likeness (QED) is 0.656. The molecule has 11 heteroatoms. The van der Waals surface area contributed by atoms with E-state index in [0.717, 1.165) is 0 Å². The van der Waals surface area contributed by atoms with Gasteiger partial charge in [-0.1, -0.05) is 0 Å². The van der Waals surface area contributed by atoms with E-state index in [2.05, 4.69) is 0 Å². The molecule has 21 heavy (non-hydrogen) atoms. The molecule has 1 saturated heterocycles. The van der Waals surface area contributed by atoms with Crippen LogP contribution in [0.4, 0.5) is 13.2 Å². The van der Waals surface area contributed by atoms with E-state index < -0.39 is 28.1 Å². The van der Waals surface area contributed by atoms with Crippen LogP contribution in [0, 0.1) is 0 Å². The molecule has 1 aliphatic rings. The summed E-state index contributed by atoms with van der Waals surface area (Å²) >= 11 is 0. The van der Waals surface area contributed by atoms with Crippen molar-refractivity contribution in [2.75, 3.05) is 40.4 Å². The highest BCUT2D eigenvalue weighted by Gasteiger charge is 2.57. The molecule has 0 radical (unpaired) electrons. The third-order valence-electron chi connectivity index (χ3n) is 2.71. The third-order valence-corrected chi connectivity index (χ3v) is 7.05. The van der Waals surface area contributed by atoms with Crippen molar-refractivity contribution in [3.63, 3.8) is 0 Å². The Hall–Kier alpha value is 0.250. The Labute approximate surface area is 124 Å². The van der Waals surface area contributed by atoms with E-state index in [1.54, 1.807) is 23.4 Å². The number of rotatable bonds is 7. The minimum absolute atomic E-state index is 0.156. The summed E-state index contributed by atoms with van der Waals surface area (Å²) < 4.78 is 70.4. The van der Waals surface area contributed by atoms with E-state index in [-0.39, 0.29) is 13.2 Å². The molecule has 0 bridgehead atoms. The summed E-state index contributed by atoms with van der Waals surface area (Å²) in [6, 6.07) is 0. The van der Waals surface area contributed by atoms with Gasteiger partial charge in [0.15, 0.2) is 8.45 Å². The fourth-order valence-electron chi connectivity index (χ4n) is 1.80. The molecule has 0 spiro atoms. The maximum absolute atomic E-state index is 13.3. The molecule has 1 heterocycles. The molecule has 0 saturated carbocycles. The SMILES string of the molecule is CCOP(=O)(OCC)C(OP1N(C)CCN1C)C(F)(F)F. The van der Waals surface area contributed by atoms with Gasteiger partial charge in [0.25, 0.3) is 5.85 Å². The van der Waals surface area contributed by atoms with Crippen molar-refractivity contribution in [2.45, 2.75) is 25.9 Å². The first-order chi connectivity index (χ1) is 9.65. The highest BCUT2D eigenvalue weighted by Crippen LogP contribution is 2.63. The average molecular weight is 352 g/mol. The Morgan fingerprint density at radius 3 is 1.90 bits per heavy atom. The molecule has 0 amide bonds. The van der Waals surface area contributed by atoms with Gasteiger partial charge in [-0.05, 0) is 27.9 Å². The maximum atomic E-state index is 13.3. The van der Waals surface area contributed by atoms with Crippen molar-refractivity contribution in [1.82, 2.24) is 9.34 Å². The second-order valence-corrected chi connectivity index (χ2v) is 8.54. The Kier molecular flexibility index (Phi) is 7.06. The molecule has 1 rings (SSSR count). The summed E-state index contributed by atoms with van der Waals surface area (Å²) in [5, 5.41) is 0. The van der Waals surface area contributed by atoms with Gasteiger partial charge in [-0.25, -0.2) is 9.34 Å². The molecule has 0 aliphatic carbocycles. The summed E-state index contributed by atoms with van der Waals surface area (Å²) in [5.74, 6) is -2.58. The smallest absolute Gasteiger partial charge is 0.307 e. The van der Waals surface area contributed by atoms with E-state index in [4.69, 9.17) is 13.6 Å².